The Labute approximate surface area is 157 Å². The Hall–Kier alpha value is -3.47. The van der Waals surface area contributed by atoms with Gasteiger partial charge in [0.1, 0.15) is 0 Å². The van der Waals surface area contributed by atoms with Crippen LogP contribution in [-0.4, -0.2) is 49.6 Å². The second-order valence-electron chi connectivity index (χ2n) is 4.75. The number of hydrazone groups is 1. The van der Waals surface area contributed by atoms with Gasteiger partial charge in [-0.3, -0.25) is 14.4 Å². The smallest absolute Gasteiger partial charge is 0.355 e. The van der Waals surface area contributed by atoms with E-state index >= 15 is 0 Å². The average molecular weight is 399 g/mol. The number of primary amides is 1. The summed E-state index contributed by atoms with van der Waals surface area (Å²) in [6.07, 6.45) is 0. The number of anilines is 1. The molecule has 0 spiro atoms. The Morgan fingerprint density at radius 2 is 1.67 bits per heavy atom. The van der Waals surface area contributed by atoms with Gasteiger partial charge < -0.3 is 20.5 Å². The fraction of sp³-hybridized carbons (Fsp3) is 0.200. The van der Waals surface area contributed by atoms with Crippen molar-refractivity contribution in [2.75, 3.05) is 19.5 Å². The highest BCUT2D eigenvalue weighted by atomic mass is 35.5. The summed E-state index contributed by atoms with van der Waals surface area (Å²) in [7, 11) is 1.87. The number of hydrogen-bond acceptors (Lipinski definition) is 8. The van der Waals surface area contributed by atoms with E-state index < -0.39 is 41.3 Å². The first-order valence-corrected chi connectivity index (χ1v) is 7.49. The number of benzene rings is 1. The van der Waals surface area contributed by atoms with Crippen molar-refractivity contribution in [3.8, 4) is 0 Å². The van der Waals surface area contributed by atoms with Gasteiger partial charge in [-0.15, -0.1) is 0 Å². The van der Waals surface area contributed by atoms with Crippen LogP contribution >= 0.6 is 11.6 Å². The van der Waals surface area contributed by atoms with Crippen molar-refractivity contribution in [1.29, 1.82) is 0 Å². The van der Waals surface area contributed by atoms with Gasteiger partial charge in [-0.25, -0.2) is 15.0 Å². The molecule has 0 aliphatic heterocycles. The number of Topliss-reactive ketones (excluding diaryl/α,β-unsaturated/α-hetero) is 1. The summed E-state index contributed by atoms with van der Waals surface area (Å²) in [5, 5.41) is 5.91. The molecule has 12 heteroatoms. The van der Waals surface area contributed by atoms with Gasteiger partial charge in [-0.1, -0.05) is 11.6 Å². The first-order chi connectivity index (χ1) is 12.7. The van der Waals surface area contributed by atoms with Crippen molar-refractivity contribution >= 4 is 52.7 Å². The zero-order valence-electron chi connectivity index (χ0n) is 14.1. The number of methoxy groups -OCH3 is 2. The second-order valence-corrected chi connectivity index (χ2v) is 5.18. The molecule has 0 saturated heterocycles. The van der Waals surface area contributed by atoms with E-state index in [2.05, 4.69) is 19.9 Å². The Bertz CT molecular complexity index is 792. The number of amides is 3. The molecular weight excluding hydrogens is 384 g/mol. The number of hydrogen-bond donors (Lipinski definition) is 3. The van der Waals surface area contributed by atoms with Crippen LogP contribution in [0.1, 0.15) is 0 Å². The lowest BCUT2D eigenvalue weighted by atomic mass is 9.97. The second kappa shape index (κ2) is 9.87. The number of nitrogens with zero attached hydrogens (tertiary/aromatic N) is 1. The number of esters is 2. The van der Waals surface area contributed by atoms with E-state index in [4.69, 9.17) is 17.3 Å². The van der Waals surface area contributed by atoms with Crippen LogP contribution in [-0.2, 0) is 28.7 Å². The Morgan fingerprint density at radius 3 is 2.15 bits per heavy atom. The van der Waals surface area contributed by atoms with Crippen LogP contribution < -0.4 is 16.5 Å². The van der Waals surface area contributed by atoms with E-state index in [0.29, 0.717) is 5.02 Å². The molecule has 0 saturated carbocycles. The van der Waals surface area contributed by atoms with Crippen LogP contribution in [0, 0.1) is 5.92 Å². The molecule has 3 amide bonds. The lowest BCUT2D eigenvalue weighted by Gasteiger charge is -2.14. The quantitative estimate of drug-likeness (QED) is 0.188. The number of ether oxygens (including phenoxy) is 2. The van der Waals surface area contributed by atoms with Crippen molar-refractivity contribution in [3.05, 3.63) is 29.3 Å². The molecule has 1 aromatic carbocycles. The Kier molecular flexibility index (Phi) is 7.89. The third-order valence-electron chi connectivity index (χ3n) is 2.98. The topological polar surface area (TPSA) is 166 Å². The van der Waals surface area contributed by atoms with Gasteiger partial charge in [-0.05, 0) is 24.3 Å². The number of nitrogens with two attached hydrogens (primary N) is 1. The minimum absolute atomic E-state index is 0.202. The summed E-state index contributed by atoms with van der Waals surface area (Å²) in [6.45, 7) is 0. The molecule has 144 valence electrons. The minimum Gasteiger partial charge on any atom is -0.468 e. The molecular formula is C15H15ClN4O7. The SMILES string of the molecule is COC(=O)/C(=N/NC(N)=O)C(C(=O)OC)C(=O)C(=O)Nc1ccc(Cl)cc1. The van der Waals surface area contributed by atoms with Gasteiger partial charge in [0.15, 0.2) is 11.6 Å². The van der Waals surface area contributed by atoms with Gasteiger partial charge in [0.2, 0.25) is 5.78 Å². The number of urea groups is 1. The summed E-state index contributed by atoms with van der Waals surface area (Å²) >= 11 is 5.72. The molecule has 11 nitrogen and oxygen atoms in total. The first kappa shape index (κ1) is 21.6. The van der Waals surface area contributed by atoms with Crippen molar-refractivity contribution in [3.63, 3.8) is 0 Å². The highest BCUT2D eigenvalue weighted by molar-refractivity contribution is 6.55. The van der Waals surface area contributed by atoms with Crippen LogP contribution in [0.4, 0.5) is 10.5 Å². The number of halogens is 1. The normalized spacial score (nSPS) is 11.7. The highest BCUT2D eigenvalue weighted by Gasteiger charge is 2.41. The van der Waals surface area contributed by atoms with Gasteiger partial charge in [0, 0.05) is 10.7 Å². The van der Waals surface area contributed by atoms with Crippen molar-refractivity contribution in [2.24, 2.45) is 16.8 Å². The van der Waals surface area contributed by atoms with Gasteiger partial charge in [0.05, 0.1) is 14.2 Å². The molecule has 0 aromatic heterocycles. The maximum atomic E-state index is 12.4. The van der Waals surface area contributed by atoms with E-state index in [0.717, 1.165) is 14.2 Å². The zero-order valence-corrected chi connectivity index (χ0v) is 14.9. The van der Waals surface area contributed by atoms with Crippen LogP contribution in [0.25, 0.3) is 0 Å². The van der Waals surface area contributed by atoms with Gasteiger partial charge in [-0.2, -0.15) is 5.10 Å². The molecule has 1 unspecified atom stereocenters. The predicted octanol–water partition coefficient (Wildman–Crippen LogP) is -0.166. The standard InChI is InChI=1S/C15H15ClN4O7/c1-26-13(23)9(10(14(24)27-2)19-20-15(17)25)11(21)12(22)18-8-5-3-7(16)4-6-8/h3-6,9H,1-2H3,(H,18,22)(H3,17,20,25)/b19-10+. The van der Waals surface area contributed by atoms with Gasteiger partial charge in [0.25, 0.3) is 5.91 Å². The average Bonchev–Trinajstić information content (AvgIpc) is 2.64. The third-order valence-corrected chi connectivity index (χ3v) is 3.23. The molecule has 4 N–H and O–H groups in total. The summed E-state index contributed by atoms with van der Waals surface area (Å²) in [4.78, 5) is 59.3. The van der Waals surface area contributed by atoms with Crippen molar-refractivity contribution < 1.29 is 33.4 Å². The van der Waals surface area contributed by atoms with Crippen LogP contribution in [0.2, 0.25) is 5.02 Å². The highest BCUT2D eigenvalue weighted by Crippen LogP contribution is 2.15. The van der Waals surface area contributed by atoms with E-state index in [1.165, 1.54) is 24.3 Å². The van der Waals surface area contributed by atoms with Crippen LogP contribution in [0.3, 0.4) is 0 Å². The number of ketones is 1. The monoisotopic (exact) mass is 398 g/mol. The minimum atomic E-state index is -2.10. The fourth-order valence-corrected chi connectivity index (χ4v) is 1.89. The predicted molar refractivity (Wildman–Crippen MR) is 92.8 cm³/mol. The molecule has 0 aliphatic carbocycles. The zero-order chi connectivity index (χ0) is 20.6. The van der Waals surface area contributed by atoms with E-state index in [-0.39, 0.29) is 5.69 Å². The lowest BCUT2D eigenvalue weighted by molar-refractivity contribution is -0.150. The van der Waals surface area contributed by atoms with E-state index in [1.54, 1.807) is 5.43 Å². The first-order valence-electron chi connectivity index (χ1n) is 7.11. The summed E-state index contributed by atoms with van der Waals surface area (Å²) in [5.74, 6) is -7.26. The maximum Gasteiger partial charge on any atom is 0.355 e. The summed E-state index contributed by atoms with van der Waals surface area (Å²) in [5.41, 5.74) is 5.84. The third kappa shape index (κ3) is 6.08. The largest absolute Gasteiger partial charge is 0.468 e. The number of carbonyl (C=O) groups is 5. The molecule has 1 rings (SSSR count). The molecule has 1 atom stereocenters. The van der Waals surface area contributed by atoms with Crippen molar-refractivity contribution in [2.45, 2.75) is 0 Å². The van der Waals surface area contributed by atoms with E-state index in [9.17, 15) is 24.0 Å². The Balaban J connectivity index is 3.20. The fourth-order valence-electron chi connectivity index (χ4n) is 1.77. The van der Waals surface area contributed by atoms with Gasteiger partial charge >= 0.3 is 18.0 Å². The maximum absolute atomic E-state index is 12.4. The molecule has 0 aliphatic rings. The van der Waals surface area contributed by atoms with Crippen molar-refractivity contribution in [1.82, 2.24) is 5.43 Å². The Morgan fingerprint density at radius 1 is 1.07 bits per heavy atom. The summed E-state index contributed by atoms with van der Waals surface area (Å²) in [6, 6.07) is 4.54. The molecule has 1 aromatic rings. The van der Waals surface area contributed by atoms with E-state index in [1.807, 2.05) is 0 Å². The molecule has 0 radical (unpaired) electrons. The van der Waals surface area contributed by atoms with Crippen LogP contribution in [0.15, 0.2) is 29.4 Å². The molecule has 0 bridgehead atoms. The summed E-state index contributed by atoms with van der Waals surface area (Å²) < 4.78 is 8.86. The number of rotatable bonds is 7. The lowest BCUT2D eigenvalue weighted by Crippen LogP contribution is -2.44. The number of nitrogens with one attached hydrogen (secondary N) is 2. The number of carbonyl (C=O) groups excluding carboxylic acids is 5. The molecule has 27 heavy (non-hydrogen) atoms. The van der Waals surface area contributed by atoms with Crippen LogP contribution in [0.5, 0.6) is 0 Å². The molecule has 0 fully saturated rings. The molecule has 0 heterocycles.